The summed E-state index contributed by atoms with van der Waals surface area (Å²) in [5, 5.41) is 16.7. The fourth-order valence-electron chi connectivity index (χ4n) is 1.58. The van der Waals surface area contributed by atoms with E-state index in [0.29, 0.717) is 6.42 Å². The van der Waals surface area contributed by atoms with E-state index in [9.17, 15) is 0 Å². The molecule has 0 saturated heterocycles. The Kier molecular flexibility index (Phi) is 2.83. The Bertz CT molecular complexity index is 485. The third kappa shape index (κ3) is 2.07. The average molecular weight is 202 g/mol. The molecule has 3 nitrogen and oxygen atoms in total. The van der Waals surface area contributed by atoms with Crippen molar-refractivity contribution in [3.8, 4) is 0 Å². The van der Waals surface area contributed by atoms with E-state index >= 15 is 0 Å². The van der Waals surface area contributed by atoms with E-state index in [1.54, 1.807) is 0 Å². The number of benzene rings is 1. The lowest BCUT2D eigenvalue weighted by molar-refractivity contribution is 0.303. The molecular weight excluding hydrogens is 188 g/mol. The first-order valence-electron chi connectivity index (χ1n) is 5.02. The van der Waals surface area contributed by atoms with Crippen LogP contribution in [0.5, 0.6) is 0 Å². The van der Waals surface area contributed by atoms with E-state index in [4.69, 9.17) is 5.11 Å². The number of hydrogen-bond acceptors (Lipinski definition) is 2. The van der Waals surface area contributed by atoms with Crippen LogP contribution in [0, 0.1) is 6.92 Å². The molecular formula is C12H14N2O. The number of H-pyrrole nitrogens is 1. The van der Waals surface area contributed by atoms with Crippen LogP contribution in [0.15, 0.2) is 24.4 Å². The number of aryl methyl sites for hydroxylation is 1. The monoisotopic (exact) mass is 202 g/mol. The van der Waals surface area contributed by atoms with Crippen LogP contribution in [0.25, 0.3) is 17.0 Å². The van der Waals surface area contributed by atoms with Gasteiger partial charge in [-0.05, 0) is 36.6 Å². The largest absolute Gasteiger partial charge is 0.396 e. The Morgan fingerprint density at radius 2 is 2.33 bits per heavy atom. The molecule has 0 atom stereocenters. The molecule has 0 unspecified atom stereocenters. The van der Waals surface area contributed by atoms with Gasteiger partial charge in [-0.15, -0.1) is 0 Å². The van der Waals surface area contributed by atoms with E-state index in [2.05, 4.69) is 29.3 Å². The third-order valence-corrected chi connectivity index (χ3v) is 2.42. The van der Waals surface area contributed by atoms with Crippen molar-refractivity contribution in [2.75, 3.05) is 6.61 Å². The lowest BCUT2D eigenvalue weighted by atomic mass is 10.1. The van der Waals surface area contributed by atoms with Gasteiger partial charge >= 0.3 is 0 Å². The van der Waals surface area contributed by atoms with E-state index in [1.165, 1.54) is 11.1 Å². The molecule has 15 heavy (non-hydrogen) atoms. The summed E-state index contributed by atoms with van der Waals surface area (Å²) in [5.41, 5.74) is 3.45. The van der Waals surface area contributed by atoms with Crippen LogP contribution in [0.2, 0.25) is 0 Å². The Labute approximate surface area is 88.4 Å². The molecule has 1 aromatic heterocycles. The summed E-state index contributed by atoms with van der Waals surface area (Å²) in [7, 11) is 0. The molecule has 0 aliphatic carbocycles. The van der Waals surface area contributed by atoms with Gasteiger partial charge in [0.05, 0.1) is 11.7 Å². The number of aliphatic hydroxyl groups is 1. The van der Waals surface area contributed by atoms with Crippen molar-refractivity contribution >= 4 is 17.0 Å². The van der Waals surface area contributed by atoms with Gasteiger partial charge in [-0.1, -0.05) is 12.2 Å². The van der Waals surface area contributed by atoms with Gasteiger partial charge in [0.15, 0.2) is 0 Å². The highest BCUT2D eigenvalue weighted by Gasteiger charge is 1.99. The zero-order valence-corrected chi connectivity index (χ0v) is 8.70. The SMILES string of the molecule is Cc1cc2[nH]ncc2cc1C=CCCO. The Morgan fingerprint density at radius 3 is 3.13 bits per heavy atom. The van der Waals surface area contributed by atoms with Crippen LogP contribution in [0.3, 0.4) is 0 Å². The van der Waals surface area contributed by atoms with E-state index in [-0.39, 0.29) is 6.61 Å². The maximum Gasteiger partial charge on any atom is 0.0653 e. The van der Waals surface area contributed by atoms with E-state index in [1.807, 2.05) is 18.3 Å². The second-order valence-electron chi connectivity index (χ2n) is 3.58. The van der Waals surface area contributed by atoms with Crippen molar-refractivity contribution < 1.29 is 5.11 Å². The summed E-state index contributed by atoms with van der Waals surface area (Å²) in [5.74, 6) is 0. The molecule has 78 valence electrons. The number of aliphatic hydroxyl groups excluding tert-OH is 1. The van der Waals surface area contributed by atoms with Crippen LogP contribution in [0.4, 0.5) is 0 Å². The van der Waals surface area contributed by atoms with Crippen LogP contribution >= 0.6 is 0 Å². The minimum Gasteiger partial charge on any atom is -0.396 e. The van der Waals surface area contributed by atoms with Crippen molar-refractivity contribution in [3.63, 3.8) is 0 Å². The predicted octanol–water partition coefficient (Wildman–Crippen LogP) is 2.27. The number of nitrogens with one attached hydrogen (secondary N) is 1. The maximum atomic E-state index is 8.69. The van der Waals surface area contributed by atoms with Crippen LogP contribution in [-0.4, -0.2) is 21.9 Å². The quantitative estimate of drug-likeness (QED) is 0.802. The van der Waals surface area contributed by atoms with Crippen LogP contribution < -0.4 is 0 Å². The highest BCUT2D eigenvalue weighted by atomic mass is 16.2. The molecule has 0 fully saturated rings. The molecule has 2 N–H and O–H groups in total. The third-order valence-electron chi connectivity index (χ3n) is 2.42. The van der Waals surface area contributed by atoms with Crippen molar-refractivity contribution in [3.05, 3.63) is 35.5 Å². The van der Waals surface area contributed by atoms with Crippen molar-refractivity contribution in [2.24, 2.45) is 0 Å². The number of hydrogen-bond donors (Lipinski definition) is 2. The number of rotatable bonds is 3. The molecule has 0 bridgehead atoms. The first kappa shape index (κ1) is 9.93. The predicted molar refractivity (Wildman–Crippen MR) is 61.6 cm³/mol. The number of fused-ring (bicyclic) bond motifs is 1. The molecule has 0 aliphatic heterocycles. The summed E-state index contributed by atoms with van der Waals surface area (Å²) in [6, 6.07) is 4.18. The number of aromatic amines is 1. The molecule has 0 radical (unpaired) electrons. The second-order valence-corrected chi connectivity index (χ2v) is 3.58. The minimum absolute atomic E-state index is 0.198. The molecule has 0 saturated carbocycles. The lowest BCUT2D eigenvalue weighted by Gasteiger charge is -2.00. The van der Waals surface area contributed by atoms with Crippen molar-refractivity contribution in [1.82, 2.24) is 10.2 Å². The molecule has 0 spiro atoms. The fraction of sp³-hybridized carbons (Fsp3) is 0.250. The lowest BCUT2D eigenvalue weighted by Crippen LogP contribution is -1.82. The standard InChI is InChI=1S/C12H14N2O/c1-9-6-12-11(8-13-14-12)7-10(9)4-2-3-5-15/h2,4,6-8,15H,3,5H2,1H3,(H,13,14). The summed E-state index contributed by atoms with van der Waals surface area (Å²) < 4.78 is 0. The molecule has 2 rings (SSSR count). The molecule has 0 aliphatic rings. The van der Waals surface area contributed by atoms with Gasteiger partial charge in [-0.2, -0.15) is 5.10 Å². The molecule has 1 heterocycles. The highest BCUT2D eigenvalue weighted by Crippen LogP contribution is 2.18. The minimum atomic E-state index is 0.198. The van der Waals surface area contributed by atoms with E-state index < -0.39 is 0 Å². The summed E-state index contributed by atoms with van der Waals surface area (Å²) in [6.07, 6.45) is 6.53. The molecule has 1 aromatic carbocycles. The Morgan fingerprint density at radius 1 is 1.47 bits per heavy atom. The normalized spacial score (nSPS) is 11.6. The first-order chi connectivity index (χ1) is 7.31. The van der Waals surface area contributed by atoms with Crippen molar-refractivity contribution in [2.45, 2.75) is 13.3 Å². The van der Waals surface area contributed by atoms with Gasteiger partial charge in [-0.25, -0.2) is 0 Å². The molecule has 3 heteroatoms. The van der Waals surface area contributed by atoms with Gasteiger partial charge in [0.25, 0.3) is 0 Å². The smallest absolute Gasteiger partial charge is 0.0653 e. The van der Waals surface area contributed by atoms with Crippen LogP contribution in [0.1, 0.15) is 17.5 Å². The van der Waals surface area contributed by atoms with Gasteiger partial charge in [0.1, 0.15) is 0 Å². The van der Waals surface area contributed by atoms with Gasteiger partial charge in [0.2, 0.25) is 0 Å². The highest BCUT2D eigenvalue weighted by molar-refractivity contribution is 5.82. The first-order valence-corrected chi connectivity index (χ1v) is 5.02. The van der Waals surface area contributed by atoms with Gasteiger partial charge in [0, 0.05) is 12.0 Å². The fourth-order valence-corrected chi connectivity index (χ4v) is 1.58. The zero-order chi connectivity index (χ0) is 10.7. The summed E-state index contributed by atoms with van der Waals surface area (Å²) in [4.78, 5) is 0. The zero-order valence-electron chi connectivity index (χ0n) is 8.70. The van der Waals surface area contributed by atoms with Gasteiger partial charge < -0.3 is 5.11 Å². The summed E-state index contributed by atoms with van der Waals surface area (Å²) in [6.45, 7) is 2.27. The molecule has 0 amide bonds. The van der Waals surface area contributed by atoms with Crippen molar-refractivity contribution in [1.29, 1.82) is 0 Å². The Hall–Kier alpha value is -1.61. The Balaban J connectivity index is 2.37. The average Bonchev–Trinajstić information content (AvgIpc) is 2.65. The maximum absolute atomic E-state index is 8.69. The number of nitrogens with zero attached hydrogens (tertiary/aromatic N) is 1. The molecule has 2 aromatic rings. The van der Waals surface area contributed by atoms with Gasteiger partial charge in [-0.3, -0.25) is 5.10 Å². The number of aromatic nitrogens is 2. The topological polar surface area (TPSA) is 48.9 Å². The van der Waals surface area contributed by atoms with E-state index in [0.717, 1.165) is 10.9 Å². The van der Waals surface area contributed by atoms with Crippen LogP contribution in [-0.2, 0) is 0 Å². The second kappa shape index (κ2) is 4.28. The summed E-state index contributed by atoms with van der Waals surface area (Å²) >= 11 is 0.